The predicted octanol–water partition coefficient (Wildman–Crippen LogP) is 4.15. The maximum absolute atomic E-state index is 12.4. The van der Waals surface area contributed by atoms with Crippen LogP contribution in [0.15, 0.2) is 24.3 Å². The lowest BCUT2D eigenvalue weighted by Gasteiger charge is -2.24. The molecule has 0 spiro atoms. The first kappa shape index (κ1) is 18.4. The molecule has 0 N–H and O–H groups in total. The molecule has 9 heteroatoms. The number of hydrogen-bond acceptors (Lipinski definition) is 5. The van der Waals surface area contributed by atoms with Gasteiger partial charge >= 0.3 is 12.4 Å². The molecule has 0 amide bonds. The molecule has 0 fully saturated rings. The van der Waals surface area contributed by atoms with E-state index >= 15 is 0 Å². The van der Waals surface area contributed by atoms with E-state index in [4.69, 9.17) is 9.47 Å². The van der Waals surface area contributed by atoms with Crippen LogP contribution in [0.2, 0.25) is 0 Å². The Morgan fingerprint density at radius 2 is 2.00 bits per heavy atom. The molecule has 0 radical (unpaired) electrons. The topological polar surface area (TPSA) is 48.8 Å². The molecular formula is C17H20F3N3O3. The molecule has 0 saturated carbocycles. The van der Waals surface area contributed by atoms with Crippen LogP contribution in [-0.2, 0) is 17.9 Å². The zero-order chi connectivity index (χ0) is 18.9. The Morgan fingerprint density at radius 1 is 1.27 bits per heavy atom. The molecule has 1 aliphatic heterocycles. The summed E-state index contributed by atoms with van der Waals surface area (Å²) in [6, 6.07) is 5.69. The third-order valence-electron chi connectivity index (χ3n) is 3.70. The van der Waals surface area contributed by atoms with Crippen molar-refractivity contribution < 1.29 is 27.4 Å². The summed E-state index contributed by atoms with van der Waals surface area (Å²) in [6.07, 6.45) is -4.76. The van der Waals surface area contributed by atoms with Crippen molar-refractivity contribution in [1.82, 2.24) is 9.55 Å². The minimum absolute atomic E-state index is 0.211. The Kier molecular flexibility index (Phi) is 4.99. The van der Waals surface area contributed by atoms with Crippen molar-refractivity contribution in [2.75, 3.05) is 18.7 Å². The first-order chi connectivity index (χ1) is 12.2. The number of benzene rings is 1. The van der Waals surface area contributed by atoms with Crippen LogP contribution in [0.1, 0.15) is 19.5 Å². The molecule has 0 saturated heterocycles. The number of rotatable bonds is 5. The smallest absolute Gasteiger partial charge is 0.425 e. The predicted molar refractivity (Wildman–Crippen MR) is 88.3 cm³/mol. The molecular weight excluding hydrogens is 351 g/mol. The van der Waals surface area contributed by atoms with Crippen molar-refractivity contribution in [2.45, 2.75) is 33.4 Å². The van der Waals surface area contributed by atoms with E-state index < -0.39 is 6.36 Å². The van der Waals surface area contributed by atoms with Gasteiger partial charge in [0, 0.05) is 19.7 Å². The van der Waals surface area contributed by atoms with Gasteiger partial charge in [-0.25, -0.2) is 0 Å². The Balaban J connectivity index is 1.91. The maximum Gasteiger partial charge on any atom is 0.573 e. The standard InChI is InChI=1S/C17H20F3N3O3/c1-11(2)8-23-14-9-24-10-22(3)15(14)21-16(23)25-12-5-4-6-13(7-12)26-17(18,19)20/h4-7,11H,8-10H2,1-3H3. The third-order valence-corrected chi connectivity index (χ3v) is 3.70. The van der Waals surface area contributed by atoms with Crippen molar-refractivity contribution in [3.8, 4) is 17.5 Å². The number of halogens is 3. The number of fused-ring (bicyclic) bond motifs is 1. The fourth-order valence-corrected chi connectivity index (χ4v) is 2.71. The van der Waals surface area contributed by atoms with Gasteiger partial charge in [-0.05, 0) is 18.1 Å². The lowest BCUT2D eigenvalue weighted by molar-refractivity contribution is -0.274. The Morgan fingerprint density at radius 3 is 2.69 bits per heavy atom. The van der Waals surface area contributed by atoms with E-state index in [-0.39, 0.29) is 11.5 Å². The van der Waals surface area contributed by atoms with Crippen molar-refractivity contribution in [3.05, 3.63) is 30.0 Å². The summed E-state index contributed by atoms with van der Waals surface area (Å²) in [7, 11) is 1.85. The second-order valence-corrected chi connectivity index (χ2v) is 6.47. The monoisotopic (exact) mass is 371 g/mol. The quantitative estimate of drug-likeness (QED) is 0.790. The van der Waals surface area contributed by atoms with Crippen molar-refractivity contribution >= 4 is 5.82 Å². The van der Waals surface area contributed by atoms with Crippen molar-refractivity contribution in [1.29, 1.82) is 0 Å². The van der Waals surface area contributed by atoms with E-state index in [1.807, 2.05) is 16.5 Å². The van der Waals surface area contributed by atoms with Crippen LogP contribution in [0.4, 0.5) is 19.0 Å². The van der Waals surface area contributed by atoms with Crippen LogP contribution in [-0.4, -0.2) is 29.7 Å². The van der Waals surface area contributed by atoms with E-state index in [9.17, 15) is 13.2 Å². The fraction of sp³-hybridized carbons (Fsp3) is 0.471. The zero-order valence-corrected chi connectivity index (χ0v) is 14.7. The molecule has 6 nitrogen and oxygen atoms in total. The van der Waals surface area contributed by atoms with E-state index in [2.05, 4.69) is 23.6 Å². The van der Waals surface area contributed by atoms with Crippen LogP contribution >= 0.6 is 0 Å². The van der Waals surface area contributed by atoms with Crippen molar-refractivity contribution in [2.24, 2.45) is 5.92 Å². The molecule has 1 aliphatic rings. The summed E-state index contributed by atoms with van der Waals surface area (Å²) in [4.78, 5) is 6.36. The minimum Gasteiger partial charge on any atom is -0.425 e. The normalized spacial score (nSPS) is 14.5. The summed E-state index contributed by atoms with van der Waals surface area (Å²) in [5, 5.41) is 0. The van der Waals surface area contributed by atoms with Gasteiger partial charge in [-0.3, -0.25) is 4.57 Å². The maximum atomic E-state index is 12.4. The summed E-state index contributed by atoms with van der Waals surface area (Å²) < 4.78 is 54.4. The van der Waals surface area contributed by atoms with Gasteiger partial charge in [0.05, 0.1) is 12.3 Å². The zero-order valence-electron chi connectivity index (χ0n) is 14.7. The largest absolute Gasteiger partial charge is 0.573 e. The van der Waals surface area contributed by atoms with Gasteiger partial charge in [0.25, 0.3) is 0 Å². The van der Waals surface area contributed by atoms with E-state index in [0.29, 0.717) is 31.8 Å². The van der Waals surface area contributed by atoms with Gasteiger partial charge in [0.1, 0.15) is 18.2 Å². The number of imidazole rings is 1. The highest BCUT2D eigenvalue weighted by molar-refractivity contribution is 5.48. The number of nitrogens with zero attached hydrogens (tertiary/aromatic N) is 3. The summed E-state index contributed by atoms with van der Waals surface area (Å²) in [5.74, 6) is 0.933. The molecule has 0 atom stereocenters. The Labute approximate surface area is 149 Å². The lowest BCUT2D eigenvalue weighted by Crippen LogP contribution is -2.27. The van der Waals surface area contributed by atoms with E-state index in [1.54, 1.807) is 6.07 Å². The van der Waals surface area contributed by atoms with Crippen LogP contribution < -0.4 is 14.4 Å². The SMILES string of the molecule is CC(C)Cn1c(Oc2cccc(OC(F)(F)F)c2)nc2c1COCN2C. The molecule has 0 aliphatic carbocycles. The number of aromatic nitrogens is 2. The molecule has 2 heterocycles. The first-order valence-electron chi connectivity index (χ1n) is 8.15. The number of hydrogen-bond donors (Lipinski definition) is 0. The molecule has 0 unspecified atom stereocenters. The summed E-state index contributed by atoms with van der Waals surface area (Å²) in [5.41, 5.74) is 0.880. The third kappa shape index (κ3) is 4.21. The Hall–Kier alpha value is -2.42. The average Bonchev–Trinajstić information content (AvgIpc) is 2.85. The molecule has 142 valence electrons. The van der Waals surface area contributed by atoms with Crippen LogP contribution in [0.3, 0.4) is 0 Å². The van der Waals surface area contributed by atoms with Crippen LogP contribution in [0.5, 0.6) is 17.5 Å². The summed E-state index contributed by atoms with van der Waals surface area (Å²) >= 11 is 0. The van der Waals surface area contributed by atoms with E-state index in [1.165, 1.54) is 18.2 Å². The second kappa shape index (κ2) is 7.06. The highest BCUT2D eigenvalue weighted by Crippen LogP contribution is 2.34. The van der Waals surface area contributed by atoms with E-state index in [0.717, 1.165) is 11.5 Å². The molecule has 3 rings (SSSR count). The fourth-order valence-electron chi connectivity index (χ4n) is 2.71. The molecule has 0 bridgehead atoms. The van der Waals surface area contributed by atoms with Gasteiger partial charge in [0.2, 0.25) is 0 Å². The highest BCUT2D eigenvalue weighted by Gasteiger charge is 2.31. The second-order valence-electron chi connectivity index (χ2n) is 6.47. The van der Waals surface area contributed by atoms with Gasteiger partial charge in [0.15, 0.2) is 5.82 Å². The van der Waals surface area contributed by atoms with Gasteiger partial charge in [-0.15, -0.1) is 13.2 Å². The number of ether oxygens (including phenoxy) is 3. The van der Waals surface area contributed by atoms with Crippen molar-refractivity contribution in [3.63, 3.8) is 0 Å². The Bertz CT molecular complexity index is 774. The highest BCUT2D eigenvalue weighted by atomic mass is 19.4. The summed E-state index contributed by atoms with van der Waals surface area (Å²) in [6.45, 7) is 5.58. The van der Waals surface area contributed by atoms with Gasteiger partial charge in [-0.2, -0.15) is 4.98 Å². The number of anilines is 1. The molecule has 2 aromatic rings. The minimum atomic E-state index is -4.76. The number of alkyl halides is 3. The average molecular weight is 371 g/mol. The molecule has 1 aromatic heterocycles. The van der Waals surface area contributed by atoms with Gasteiger partial charge in [-0.1, -0.05) is 19.9 Å². The molecule has 26 heavy (non-hydrogen) atoms. The lowest BCUT2D eigenvalue weighted by atomic mass is 10.2. The first-order valence-corrected chi connectivity index (χ1v) is 8.15. The van der Waals surface area contributed by atoms with Crippen LogP contribution in [0.25, 0.3) is 0 Å². The van der Waals surface area contributed by atoms with Gasteiger partial charge < -0.3 is 19.1 Å². The van der Waals surface area contributed by atoms with Crippen LogP contribution in [0, 0.1) is 5.92 Å². The molecule has 1 aromatic carbocycles.